The lowest BCUT2D eigenvalue weighted by Crippen LogP contribution is -2.50. The van der Waals surface area contributed by atoms with Crippen LogP contribution in [0.2, 0.25) is 10.0 Å². The van der Waals surface area contributed by atoms with E-state index < -0.39 is 0 Å². The number of carbonyl (C=O) groups is 1. The average Bonchev–Trinajstić information content (AvgIpc) is 2.78. The molecule has 0 bridgehead atoms. The summed E-state index contributed by atoms with van der Waals surface area (Å²) >= 11 is 12.2. The molecule has 0 aromatic heterocycles. The Balaban J connectivity index is 1.47. The highest BCUT2D eigenvalue weighted by atomic mass is 35.5. The van der Waals surface area contributed by atoms with Crippen LogP contribution in [0.3, 0.4) is 0 Å². The molecule has 1 amide bonds. The molecule has 160 valence electrons. The van der Waals surface area contributed by atoms with Crippen LogP contribution in [0.15, 0.2) is 72.8 Å². The second-order valence-corrected chi connectivity index (χ2v) is 8.60. The molecule has 0 spiro atoms. The van der Waals surface area contributed by atoms with Crippen molar-refractivity contribution < 1.29 is 9.18 Å². The van der Waals surface area contributed by atoms with Crippen LogP contribution < -0.4 is 0 Å². The van der Waals surface area contributed by atoms with E-state index in [1.807, 2.05) is 53.4 Å². The lowest BCUT2D eigenvalue weighted by molar-refractivity contribution is -0.132. The Morgan fingerprint density at radius 2 is 1.26 bits per heavy atom. The number of benzene rings is 3. The van der Waals surface area contributed by atoms with Crippen LogP contribution in [-0.2, 0) is 11.2 Å². The van der Waals surface area contributed by atoms with Crippen molar-refractivity contribution >= 4 is 29.1 Å². The second kappa shape index (κ2) is 9.82. The van der Waals surface area contributed by atoms with Gasteiger partial charge in [-0.1, -0.05) is 59.6 Å². The van der Waals surface area contributed by atoms with Crippen molar-refractivity contribution in [3.8, 4) is 0 Å². The fraction of sp³-hybridized carbons (Fsp3) is 0.240. The summed E-state index contributed by atoms with van der Waals surface area (Å²) in [6.45, 7) is 2.81. The molecule has 1 heterocycles. The van der Waals surface area contributed by atoms with Crippen LogP contribution in [0, 0.1) is 5.82 Å². The zero-order valence-electron chi connectivity index (χ0n) is 17.0. The largest absolute Gasteiger partial charge is 0.340 e. The normalized spacial score (nSPS) is 14.8. The SMILES string of the molecule is O=C(Cc1ccc(F)cc1)N1CCN(C(c2ccc(Cl)cc2)c2ccc(Cl)cc2)CC1. The molecule has 6 heteroatoms. The highest BCUT2D eigenvalue weighted by Gasteiger charge is 2.28. The highest BCUT2D eigenvalue weighted by molar-refractivity contribution is 6.30. The Labute approximate surface area is 192 Å². The van der Waals surface area contributed by atoms with Gasteiger partial charge < -0.3 is 4.90 Å². The zero-order valence-corrected chi connectivity index (χ0v) is 18.5. The third kappa shape index (κ3) is 5.45. The van der Waals surface area contributed by atoms with E-state index in [2.05, 4.69) is 4.90 Å². The maximum Gasteiger partial charge on any atom is 0.227 e. The zero-order chi connectivity index (χ0) is 21.8. The summed E-state index contributed by atoms with van der Waals surface area (Å²) in [5.41, 5.74) is 3.13. The molecular weight excluding hydrogens is 434 g/mol. The van der Waals surface area contributed by atoms with Crippen LogP contribution in [-0.4, -0.2) is 41.9 Å². The van der Waals surface area contributed by atoms with E-state index in [9.17, 15) is 9.18 Å². The van der Waals surface area contributed by atoms with E-state index in [-0.39, 0.29) is 24.2 Å². The van der Waals surface area contributed by atoms with E-state index in [1.165, 1.54) is 12.1 Å². The van der Waals surface area contributed by atoms with Crippen molar-refractivity contribution in [1.82, 2.24) is 9.80 Å². The Morgan fingerprint density at radius 3 is 1.74 bits per heavy atom. The average molecular weight is 457 g/mol. The van der Waals surface area contributed by atoms with Crippen molar-refractivity contribution in [2.24, 2.45) is 0 Å². The molecule has 0 radical (unpaired) electrons. The molecule has 1 aliphatic heterocycles. The molecule has 3 aromatic carbocycles. The molecule has 1 fully saturated rings. The van der Waals surface area contributed by atoms with E-state index in [0.717, 1.165) is 29.8 Å². The van der Waals surface area contributed by atoms with Gasteiger partial charge in [0.05, 0.1) is 12.5 Å². The number of hydrogen-bond donors (Lipinski definition) is 0. The van der Waals surface area contributed by atoms with E-state index in [0.29, 0.717) is 23.1 Å². The van der Waals surface area contributed by atoms with Crippen molar-refractivity contribution in [1.29, 1.82) is 0 Å². The summed E-state index contributed by atoms with van der Waals surface area (Å²) in [6, 6.07) is 22.0. The van der Waals surface area contributed by atoms with E-state index >= 15 is 0 Å². The third-order valence-corrected chi connectivity index (χ3v) is 6.18. The van der Waals surface area contributed by atoms with Crippen LogP contribution in [0.25, 0.3) is 0 Å². The summed E-state index contributed by atoms with van der Waals surface area (Å²) in [5, 5.41) is 1.41. The smallest absolute Gasteiger partial charge is 0.227 e. The van der Waals surface area contributed by atoms with Crippen LogP contribution in [0.5, 0.6) is 0 Å². The fourth-order valence-corrected chi connectivity index (χ4v) is 4.27. The Kier molecular flexibility index (Phi) is 6.91. The van der Waals surface area contributed by atoms with Gasteiger partial charge in [0.2, 0.25) is 5.91 Å². The van der Waals surface area contributed by atoms with Crippen molar-refractivity contribution in [3.63, 3.8) is 0 Å². The van der Waals surface area contributed by atoms with Crippen LogP contribution in [0.4, 0.5) is 4.39 Å². The molecule has 0 N–H and O–H groups in total. The fourth-order valence-electron chi connectivity index (χ4n) is 4.02. The summed E-state index contributed by atoms with van der Waals surface area (Å²) in [4.78, 5) is 17.0. The van der Waals surface area contributed by atoms with Gasteiger partial charge in [0.15, 0.2) is 0 Å². The summed E-state index contributed by atoms with van der Waals surface area (Å²) in [6.07, 6.45) is 0.290. The quantitative estimate of drug-likeness (QED) is 0.498. The molecule has 1 saturated heterocycles. The van der Waals surface area contributed by atoms with Crippen LogP contribution in [0.1, 0.15) is 22.7 Å². The maximum atomic E-state index is 13.1. The first-order valence-corrected chi connectivity index (χ1v) is 11.0. The number of halogens is 3. The maximum absolute atomic E-state index is 13.1. The molecule has 1 aliphatic rings. The molecule has 0 aliphatic carbocycles. The number of carbonyl (C=O) groups excluding carboxylic acids is 1. The topological polar surface area (TPSA) is 23.6 Å². The van der Waals surface area contributed by atoms with Gasteiger partial charge in [0.1, 0.15) is 5.82 Å². The number of amides is 1. The molecule has 4 rings (SSSR count). The molecular formula is C25H23Cl2FN2O. The summed E-state index contributed by atoms with van der Waals surface area (Å²) in [7, 11) is 0. The summed E-state index contributed by atoms with van der Waals surface area (Å²) in [5.74, 6) is -0.221. The monoisotopic (exact) mass is 456 g/mol. The van der Waals surface area contributed by atoms with E-state index in [4.69, 9.17) is 23.2 Å². The Morgan fingerprint density at radius 1 is 0.774 bits per heavy atom. The Hall–Kier alpha value is -2.40. The molecule has 3 nitrogen and oxygen atoms in total. The lowest BCUT2D eigenvalue weighted by Gasteiger charge is -2.40. The van der Waals surface area contributed by atoms with Gasteiger partial charge in [0, 0.05) is 36.2 Å². The molecule has 0 saturated carbocycles. The summed E-state index contributed by atoms with van der Waals surface area (Å²) < 4.78 is 13.1. The third-order valence-electron chi connectivity index (χ3n) is 5.67. The minimum absolute atomic E-state index is 0.0592. The van der Waals surface area contributed by atoms with Gasteiger partial charge in [-0.3, -0.25) is 9.69 Å². The van der Waals surface area contributed by atoms with Crippen molar-refractivity contribution in [2.75, 3.05) is 26.2 Å². The highest BCUT2D eigenvalue weighted by Crippen LogP contribution is 2.31. The van der Waals surface area contributed by atoms with Crippen molar-refractivity contribution in [2.45, 2.75) is 12.5 Å². The van der Waals surface area contributed by atoms with Gasteiger partial charge in [-0.15, -0.1) is 0 Å². The second-order valence-electron chi connectivity index (χ2n) is 7.73. The predicted molar refractivity (Wildman–Crippen MR) is 123 cm³/mol. The predicted octanol–water partition coefficient (Wildman–Crippen LogP) is 5.61. The number of rotatable bonds is 5. The first kappa shape index (κ1) is 21.8. The molecule has 0 unspecified atom stereocenters. The van der Waals surface area contributed by atoms with Gasteiger partial charge in [-0.2, -0.15) is 0 Å². The number of hydrogen-bond acceptors (Lipinski definition) is 2. The van der Waals surface area contributed by atoms with Gasteiger partial charge in [0.25, 0.3) is 0 Å². The first-order valence-electron chi connectivity index (χ1n) is 10.3. The standard InChI is InChI=1S/C25H23Cl2FN2O/c26-21-7-3-19(4-8-21)25(20-5-9-22(27)10-6-20)30-15-13-29(14-16-30)24(31)17-18-1-11-23(28)12-2-18/h1-12,25H,13-17H2. The van der Waals surface area contributed by atoms with Gasteiger partial charge >= 0.3 is 0 Å². The minimum atomic E-state index is -0.291. The molecule has 0 atom stereocenters. The van der Waals surface area contributed by atoms with E-state index in [1.54, 1.807) is 12.1 Å². The Bertz CT molecular complexity index is 969. The number of nitrogens with zero attached hydrogens (tertiary/aromatic N) is 2. The minimum Gasteiger partial charge on any atom is -0.340 e. The van der Waals surface area contributed by atoms with Gasteiger partial charge in [-0.05, 0) is 53.1 Å². The number of piperazine rings is 1. The first-order chi connectivity index (χ1) is 15.0. The van der Waals surface area contributed by atoms with Crippen LogP contribution >= 0.6 is 23.2 Å². The van der Waals surface area contributed by atoms with Crippen molar-refractivity contribution in [3.05, 3.63) is 105 Å². The molecule has 3 aromatic rings. The van der Waals surface area contributed by atoms with Gasteiger partial charge in [-0.25, -0.2) is 4.39 Å². The molecule has 31 heavy (non-hydrogen) atoms. The lowest BCUT2D eigenvalue weighted by atomic mass is 9.96.